The molecule has 1 aromatic carbocycles. The lowest BCUT2D eigenvalue weighted by molar-refractivity contribution is 0.268. The first kappa shape index (κ1) is 17.3. The number of hydrogen-bond donors (Lipinski definition) is 1. The van der Waals surface area contributed by atoms with Gasteiger partial charge in [0.15, 0.2) is 23.2 Å². The Kier molecular flexibility index (Phi) is 5.28. The molecule has 2 heterocycles. The fourth-order valence-electron chi connectivity index (χ4n) is 2.82. The van der Waals surface area contributed by atoms with Crippen LogP contribution in [-0.2, 0) is 6.54 Å². The molecule has 1 aliphatic rings. The summed E-state index contributed by atoms with van der Waals surface area (Å²) in [7, 11) is 0. The van der Waals surface area contributed by atoms with E-state index < -0.39 is 17.4 Å². The molecule has 1 N–H and O–H groups in total. The summed E-state index contributed by atoms with van der Waals surface area (Å²) in [4.78, 5) is 18.7. The molecule has 25 heavy (non-hydrogen) atoms. The Morgan fingerprint density at radius 1 is 1.36 bits per heavy atom. The molecule has 3 rings (SSSR count). The summed E-state index contributed by atoms with van der Waals surface area (Å²) in [6.07, 6.45) is 3.09. The minimum absolute atomic E-state index is 0.0286. The monoisotopic (exact) mass is 350 g/mol. The molecule has 0 bridgehead atoms. The number of nitrogens with one attached hydrogen (secondary N) is 1. The van der Waals surface area contributed by atoms with Crippen molar-refractivity contribution in [1.82, 2.24) is 14.9 Å². The molecule has 1 saturated heterocycles. The van der Waals surface area contributed by atoms with Gasteiger partial charge in [-0.3, -0.25) is 4.79 Å². The van der Waals surface area contributed by atoms with Crippen LogP contribution in [0.2, 0.25) is 0 Å². The van der Waals surface area contributed by atoms with Crippen LogP contribution in [0.3, 0.4) is 0 Å². The fourth-order valence-corrected chi connectivity index (χ4v) is 2.82. The summed E-state index contributed by atoms with van der Waals surface area (Å²) in [5.74, 6) is -1.58. The van der Waals surface area contributed by atoms with Crippen molar-refractivity contribution in [3.63, 3.8) is 0 Å². The zero-order valence-corrected chi connectivity index (χ0v) is 13.9. The van der Waals surface area contributed by atoms with Crippen molar-refractivity contribution in [2.45, 2.75) is 19.5 Å². The van der Waals surface area contributed by atoms with Crippen LogP contribution in [0, 0.1) is 11.6 Å². The topological polar surface area (TPSA) is 59.4 Å². The number of halogens is 2. The minimum atomic E-state index is -0.766. The van der Waals surface area contributed by atoms with E-state index in [9.17, 15) is 13.6 Å². The van der Waals surface area contributed by atoms with E-state index in [1.165, 1.54) is 10.6 Å². The van der Waals surface area contributed by atoms with Gasteiger partial charge in [0.05, 0.1) is 6.54 Å². The second-order valence-electron chi connectivity index (χ2n) is 5.95. The van der Waals surface area contributed by atoms with Crippen LogP contribution in [-0.4, -0.2) is 41.8 Å². The molecule has 6 nitrogen and oxygen atoms in total. The number of piperazine rings is 1. The third kappa shape index (κ3) is 3.96. The fraction of sp³-hybridized carbons (Fsp3) is 0.412. The Morgan fingerprint density at radius 3 is 2.84 bits per heavy atom. The number of anilines is 1. The zero-order chi connectivity index (χ0) is 17.8. The maximum Gasteiger partial charge on any atom is 0.293 e. The van der Waals surface area contributed by atoms with Crippen molar-refractivity contribution in [3.05, 3.63) is 52.6 Å². The van der Waals surface area contributed by atoms with E-state index in [4.69, 9.17) is 4.74 Å². The molecule has 1 unspecified atom stereocenters. The smallest absolute Gasteiger partial charge is 0.293 e. The van der Waals surface area contributed by atoms with Crippen LogP contribution in [0.25, 0.3) is 0 Å². The number of benzene rings is 1. The van der Waals surface area contributed by atoms with Crippen LogP contribution in [0.4, 0.5) is 14.6 Å². The lowest BCUT2D eigenvalue weighted by Gasteiger charge is -2.32. The molecule has 1 aliphatic heterocycles. The SMILES string of the molecule is CC1CN(c2nccn(CCOc3c(F)cccc3F)c2=O)CCN1. The van der Waals surface area contributed by atoms with E-state index >= 15 is 0 Å². The van der Waals surface area contributed by atoms with Crippen molar-refractivity contribution in [2.24, 2.45) is 0 Å². The lowest BCUT2D eigenvalue weighted by atomic mass is 10.2. The summed E-state index contributed by atoms with van der Waals surface area (Å²) in [5.41, 5.74) is -0.241. The Morgan fingerprint density at radius 2 is 2.12 bits per heavy atom. The van der Waals surface area contributed by atoms with Crippen LogP contribution in [0.15, 0.2) is 35.4 Å². The van der Waals surface area contributed by atoms with Crippen molar-refractivity contribution in [2.75, 3.05) is 31.1 Å². The van der Waals surface area contributed by atoms with Gasteiger partial charge in [0.2, 0.25) is 0 Å². The highest BCUT2D eigenvalue weighted by atomic mass is 19.1. The maximum absolute atomic E-state index is 13.5. The summed E-state index contributed by atoms with van der Waals surface area (Å²) in [6.45, 7) is 4.37. The molecule has 2 aromatic rings. The second kappa shape index (κ2) is 7.60. The van der Waals surface area contributed by atoms with Crippen LogP contribution >= 0.6 is 0 Å². The van der Waals surface area contributed by atoms with Gasteiger partial charge >= 0.3 is 0 Å². The Balaban J connectivity index is 1.69. The highest BCUT2D eigenvalue weighted by Gasteiger charge is 2.20. The number of nitrogens with zero attached hydrogens (tertiary/aromatic N) is 3. The Hall–Kier alpha value is -2.48. The van der Waals surface area contributed by atoms with Gasteiger partial charge in [0.25, 0.3) is 5.56 Å². The summed E-state index contributed by atoms with van der Waals surface area (Å²) < 4.78 is 33.7. The molecule has 1 atom stereocenters. The van der Waals surface area contributed by atoms with E-state index in [1.807, 2.05) is 11.8 Å². The number of ether oxygens (including phenoxy) is 1. The number of rotatable bonds is 5. The summed E-state index contributed by atoms with van der Waals surface area (Å²) in [5, 5.41) is 3.31. The van der Waals surface area contributed by atoms with Crippen molar-refractivity contribution < 1.29 is 13.5 Å². The third-order valence-electron chi connectivity index (χ3n) is 4.06. The molecular formula is C17H20F2N4O2. The first-order chi connectivity index (χ1) is 12.1. The molecule has 8 heteroatoms. The van der Waals surface area contributed by atoms with E-state index in [0.717, 1.165) is 18.7 Å². The Bertz CT molecular complexity index is 776. The standard InChI is InChI=1S/C17H20F2N4O2/c1-12-11-23(8-5-20-12)16-17(24)22(7-6-21-16)9-10-25-15-13(18)3-2-4-14(15)19/h2-4,6-7,12,20H,5,8-11H2,1H3. The molecule has 1 fully saturated rings. The van der Waals surface area contributed by atoms with Crippen molar-refractivity contribution >= 4 is 5.82 Å². The van der Waals surface area contributed by atoms with Crippen LogP contribution in [0.1, 0.15) is 6.92 Å². The first-order valence-electron chi connectivity index (χ1n) is 8.17. The summed E-state index contributed by atoms with van der Waals surface area (Å²) >= 11 is 0. The molecule has 0 saturated carbocycles. The predicted molar refractivity (Wildman–Crippen MR) is 90.0 cm³/mol. The van der Waals surface area contributed by atoms with E-state index in [0.29, 0.717) is 18.9 Å². The lowest BCUT2D eigenvalue weighted by Crippen LogP contribution is -2.51. The van der Waals surface area contributed by atoms with Gasteiger partial charge in [-0.05, 0) is 19.1 Å². The Labute approximate surface area is 144 Å². The van der Waals surface area contributed by atoms with Gasteiger partial charge in [0, 0.05) is 38.1 Å². The van der Waals surface area contributed by atoms with Gasteiger partial charge in [-0.2, -0.15) is 0 Å². The largest absolute Gasteiger partial charge is 0.486 e. The minimum Gasteiger partial charge on any atom is -0.486 e. The molecule has 0 aliphatic carbocycles. The molecular weight excluding hydrogens is 330 g/mol. The average molecular weight is 350 g/mol. The van der Waals surface area contributed by atoms with Crippen LogP contribution in [0.5, 0.6) is 5.75 Å². The van der Waals surface area contributed by atoms with E-state index in [1.54, 1.807) is 12.4 Å². The second-order valence-corrected chi connectivity index (χ2v) is 5.95. The van der Waals surface area contributed by atoms with Gasteiger partial charge in [-0.1, -0.05) is 6.07 Å². The highest BCUT2D eigenvalue weighted by molar-refractivity contribution is 5.36. The number of aromatic nitrogens is 2. The van der Waals surface area contributed by atoms with Gasteiger partial charge < -0.3 is 19.5 Å². The third-order valence-corrected chi connectivity index (χ3v) is 4.06. The maximum atomic E-state index is 13.5. The molecule has 0 radical (unpaired) electrons. The normalized spacial score (nSPS) is 17.6. The summed E-state index contributed by atoms with van der Waals surface area (Å²) in [6, 6.07) is 3.79. The van der Waals surface area contributed by atoms with Crippen molar-refractivity contribution in [3.8, 4) is 5.75 Å². The first-order valence-corrected chi connectivity index (χ1v) is 8.17. The molecule has 0 amide bonds. The quantitative estimate of drug-likeness (QED) is 0.883. The highest BCUT2D eigenvalue weighted by Crippen LogP contribution is 2.20. The van der Waals surface area contributed by atoms with Crippen molar-refractivity contribution in [1.29, 1.82) is 0 Å². The molecule has 0 spiro atoms. The van der Waals surface area contributed by atoms with Crippen LogP contribution < -0.4 is 20.5 Å². The number of hydrogen-bond acceptors (Lipinski definition) is 5. The predicted octanol–water partition coefficient (Wildman–Crippen LogP) is 1.40. The molecule has 1 aromatic heterocycles. The van der Waals surface area contributed by atoms with E-state index in [-0.39, 0.29) is 24.8 Å². The average Bonchev–Trinajstić information content (AvgIpc) is 2.59. The van der Waals surface area contributed by atoms with Gasteiger partial charge in [-0.25, -0.2) is 13.8 Å². The van der Waals surface area contributed by atoms with Gasteiger partial charge in [-0.15, -0.1) is 0 Å². The number of para-hydroxylation sites is 1. The van der Waals surface area contributed by atoms with Gasteiger partial charge in [0.1, 0.15) is 6.61 Å². The van der Waals surface area contributed by atoms with E-state index in [2.05, 4.69) is 10.3 Å². The zero-order valence-electron chi connectivity index (χ0n) is 13.9. The molecule has 134 valence electrons.